The highest BCUT2D eigenvalue weighted by Crippen LogP contribution is 2.66. The first-order chi connectivity index (χ1) is 17.8. The quantitative estimate of drug-likeness (QED) is 0.162. The number of aliphatic hydroxyl groups excluding tert-OH is 1. The van der Waals surface area contributed by atoms with E-state index in [2.05, 4.69) is 33.4 Å². The van der Waals surface area contributed by atoms with Gasteiger partial charge in [0, 0.05) is 13.0 Å². The lowest BCUT2D eigenvalue weighted by Crippen LogP contribution is -2.26. The highest BCUT2D eigenvalue weighted by Gasteiger charge is 2.43. The zero-order valence-corrected chi connectivity index (χ0v) is 22.0. The number of fused-ring (bicyclic) bond motifs is 1. The first kappa shape index (κ1) is 28.9. The number of phosphoric ester groups is 1. The fourth-order valence-electron chi connectivity index (χ4n) is 3.67. The van der Waals surface area contributed by atoms with Gasteiger partial charge in [-0.1, -0.05) is 30.3 Å². The van der Waals surface area contributed by atoms with Crippen LogP contribution in [-0.2, 0) is 38.0 Å². The molecule has 1 fully saturated rings. The van der Waals surface area contributed by atoms with Crippen molar-refractivity contribution in [2.75, 3.05) is 18.5 Å². The number of benzene rings is 1. The van der Waals surface area contributed by atoms with E-state index < -0.39 is 48.5 Å². The molecule has 3 heterocycles. The van der Waals surface area contributed by atoms with E-state index in [9.17, 15) is 28.6 Å². The van der Waals surface area contributed by atoms with Gasteiger partial charge >= 0.3 is 23.5 Å². The van der Waals surface area contributed by atoms with Gasteiger partial charge in [-0.15, -0.1) is 0 Å². The molecule has 208 valence electrons. The molecule has 0 amide bonds. The molecule has 3 aromatic rings. The lowest BCUT2D eigenvalue weighted by Gasteiger charge is -2.19. The van der Waals surface area contributed by atoms with E-state index >= 15 is 0 Å². The summed E-state index contributed by atoms with van der Waals surface area (Å²) in [5.74, 6) is 0.493. The molecule has 1 aliphatic rings. The Balaban J connectivity index is 1.37. The number of ether oxygens (including phenoxy) is 1. The summed E-state index contributed by atoms with van der Waals surface area (Å²) < 4.78 is 53.2. The monoisotopic (exact) mass is 595 g/mol. The van der Waals surface area contributed by atoms with Crippen LogP contribution in [0, 0.1) is 0 Å². The first-order valence-corrected chi connectivity index (χ1v) is 15.4. The number of hydrogen-bond donors (Lipinski definition) is 6. The first-order valence-electron chi connectivity index (χ1n) is 10.9. The number of rotatable bonds is 12. The number of nitrogens with one attached hydrogen (secondary N) is 1. The molecule has 6 N–H and O–H groups in total. The maximum Gasteiger partial charge on any atom is 0.490 e. The van der Waals surface area contributed by atoms with E-state index in [1.54, 1.807) is 0 Å². The number of aromatic nitrogens is 4. The molecule has 38 heavy (non-hydrogen) atoms. The van der Waals surface area contributed by atoms with E-state index in [1.165, 1.54) is 17.2 Å². The number of imidazole rings is 1. The largest absolute Gasteiger partial charge is 0.490 e. The molecule has 4 rings (SSSR count). The van der Waals surface area contributed by atoms with E-state index in [0.717, 1.165) is 12.0 Å². The van der Waals surface area contributed by atoms with Gasteiger partial charge in [-0.2, -0.15) is 8.62 Å². The second kappa shape index (κ2) is 11.6. The van der Waals surface area contributed by atoms with Gasteiger partial charge < -0.3 is 34.7 Å². The molecule has 5 atom stereocenters. The minimum Gasteiger partial charge on any atom is -0.390 e. The van der Waals surface area contributed by atoms with Crippen molar-refractivity contribution in [3.8, 4) is 0 Å². The normalized spacial score (nSPS) is 23.2. The van der Waals surface area contributed by atoms with Crippen LogP contribution in [0.1, 0.15) is 18.2 Å². The van der Waals surface area contributed by atoms with Crippen LogP contribution in [0.5, 0.6) is 0 Å². The topological polar surface area (TPSA) is 245 Å². The van der Waals surface area contributed by atoms with Crippen LogP contribution in [-0.4, -0.2) is 69.6 Å². The summed E-state index contributed by atoms with van der Waals surface area (Å²) in [6.45, 7) is -0.195. The number of anilines is 1. The third-order valence-corrected chi connectivity index (χ3v) is 9.04. The van der Waals surface area contributed by atoms with Gasteiger partial charge in [0.25, 0.3) is 0 Å². The third kappa shape index (κ3) is 7.73. The zero-order chi connectivity index (χ0) is 27.6. The van der Waals surface area contributed by atoms with Crippen molar-refractivity contribution in [3.63, 3.8) is 0 Å². The van der Waals surface area contributed by atoms with Crippen molar-refractivity contribution in [1.29, 1.82) is 0 Å². The van der Waals surface area contributed by atoms with Gasteiger partial charge in [-0.05, 0) is 12.0 Å². The molecule has 1 aliphatic heterocycles. The summed E-state index contributed by atoms with van der Waals surface area (Å²) in [5, 5.41) is 13.6. The third-order valence-electron chi connectivity index (χ3n) is 5.24. The fraction of sp³-hybridized carbons (Fsp3) is 0.389. The van der Waals surface area contributed by atoms with Gasteiger partial charge in [0.1, 0.15) is 18.7 Å². The second-order valence-corrected chi connectivity index (χ2v) is 12.4. The van der Waals surface area contributed by atoms with Gasteiger partial charge in [0.15, 0.2) is 17.0 Å². The second-order valence-electron chi connectivity index (χ2n) is 8.03. The Kier molecular flexibility index (Phi) is 8.79. The molecule has 0 saturated carbocycles. The molecule has 0 aliphatic carbocycles. The molecule has 20 heteroatoms. The Morgan fingerprint density at radius 3 is 2.47 bits per heavy atom. The number of hydrogen-bond acceptors (Lipinski definition) is 12. The molecule has 17 nitrogen and oxygen atoms in total. The minimum absolute atomic E-state index is 0.0106. The number of aliphatic hydroxyl groups is 1. The van der Waals surface area contributed by atoms with Gasteiger partial charge in [-0.3, -0.25) is 9.09 Å². The minimum atomic E-state index is -5.66. The molecule has 0 spiro atoms. The summed E-state index contributed by atoms with van der Waals surface area (Å²) in [7, 11) is -16.5. The molecular formula is C18H24N5O12P3. The van der Waals surface area contributed by atoms with E-state index in [0.29, 0.717) is 23.5 Å². The van der Waals surface area contributed by atoms with E-state index in [4.69, 9.17) is 14.5 Å². The molecule has 1 saturated heterocycles. The standard InChI is InChI=1S/C18H24N5O12P3/c24-13-8-15(33-14(13)9-32-37(28,29)35-38(30,31)34-36(25,26)27)23-11-22-16-17(20-10-21-18(16)23)19-7-6-12-4-2-1-3-5-12/h1-5,10-11,13-15,24H,6-9H2,(H,28,29)(H,30,31)(H,19,20,21)(H2,25,26,27)/t13-,14+,15+/m0/s1. The summed E-state index contributed by atoms with van der Waals surface area (Å²) in [4.78, 5) is 48.8. The maximum absolute atomic E-state index is 11.9. The van der Waals surface area contributed by atoms with Crippen LogP contribution in [0.15, 0.2) is 43.0 Å². The van der Waals surface area contributed by atoms with Crippen molar-refractivity contribution in [1.82, 2.24) is 19.5 Å². The summed E-state index contributed by atoms with van der Waals surface area (Å²) >= 11 is 0. The Morgan fingerprint density at radius 1 is 1.03 bits per heavy atom. The predicted octanol–water partition coefficient (Wildman–Crippen LogP) is 1.47. The smallest absolute Gasteiger partial charge is 0.390 e. The van der Waals surface area contributed by atoms with E-state index in [1.807, 2.05) is 30.3 Å². The van der Waals surface area contributed by atoms with Crippen molar-refractivity contribution in [3.05, 3.63) is 48.5 Å². The molecule has 2 aromatic heterocycles. The van der Waals surface area contributed by atoms with Crippen LogP contribution in [0.3, 0.4) is 0 Å². The van der Waals surface area contributed by atoms with Gasteiger partial charge in [0.05, 0.1) is 19.0 Å². The van der Waals surface area contributed by atoms with Crippen LogP contribution in [0.2, 0.25) is 0 Å². The fourth-order valence-corrected chi connectivity index (χ4v) is 6.70. The van der Waals surface area contributed by atoms with Crippen molar-refractivity contribution in [2.24, 2.45) is 0 Å². The van der Waals surface area contributed by atoms with Crippen LogP contribution < -0.4 is 5.32 Å². The summed E-state index contributed by atoms with van der Waals surface area (Å²) in [6.07, 6.45) is 0.339. The average Bonchev–Trinajstić information content (AvgIpc) is 3.40. The molecule has 2 unspecified atom stereocenters. The SMILES string of the molecule is O=P(O)(O)OP(=O)(O)OP(=O)(O)OC[C@H]1O[C@@H](n2cnc3c(NCCc4ccccc4)ncnc32)C[C@@H]1O. The highest BCUT2D eigenvalue weighted by molar-refractivity contribution is 7.66. The van der Waals surface area contributed by atoms with Gasteiger partial charge in [0.2, 0.25) is 0 Å². The Bertz CT molecular complexity index is 1400. The van der Waals surface area contributed by atoms with E-state index in [-0.39, 0.29) is 6.42 Å². The van der Waals surface area contributed by atoms with Crippen LogP contribution >= 0.6 is 23.5 Å². The molecule has 0 bridgehead atoms. The molecule has 1 aromatic carbocycles. The predicted molar refractivity (Wildman–Crippen MR) is 128 cm³/mol. The van der Waals surface area contributed by atoms with Crippen LogP contribution in [0.4, 0.5) is 5.82 Å². The summed E-state index contributed by atoms with van der Waals surface area (Å²) in [6, 6.07) is 9.86. The molecule has 0 radical (unpaired) electrons. The number of nitrogens with zero attached hydrogens (tertiary/aromatic N) is 4. The van der Waals surface area contributed by atoms with Gasteiger partial charge in [-0.25, -0.2) is 28.6 Å². The Labute approximate surface area is 214 Å². The van der Waals surface area contributed by atoms with Crippen molar-refractivity contribution >= 4 is 40.4 Å². The highest BCUT2D eigenvalue weighted by atomic mass is 31.3. The lowest BCUT2D eigenvalue weighted by atomic mass is 10.1. The van der Waals surface area contributed by atoms with Crippen molar-refractivity contribution < 1.29 is 56.3 Å². The number of phosphoric acid groups is 3. The lowest BCUT2D eigenvalue weighted by molar-refractivity contribution is -0.0423. The summed E-state index contributed by atoms with van der Waals surface area (Å²) in [5.41, 5.74) is 2.00. The Morgan fingerprint density at radius 2 is 1.76 bits per heavy atom. The average molecular weight is 595 g/mol. The maximum atomic E-state index is 11.9. The van der Waals surface area contributed by atoms with Crippen molar-refractivity contribution in [2.45, 2.75) is 31.3 Å². The molecular weight excluding hydrogens is 571 g/mol. The zero-order valence-electron chi connectivity index (χ0n) is 19.3. The Hall–Kier alpha value is -2.10. The van der Waals surface area contributed by atoms with Crippen LogP contribution in [0.25, 0.3) is 11.2 Å².